The molecule has 0 fully saturated rings. The van der Waals surface area contributed by atoms with Gasteiger partial charge in [0.05, 0.1) is 23.9 Å². The number of ether oxygens (including phenoxy) is 1. The van der Waals surface area contributed by atoms with Crippen LogP contribution in [0.1, 0.15) is 16.8 Å². The lowest BCUT2D eigenvalue weighted by Crippen LogP contribution is -2.03. The number of nitrogens with two attached hydrogens (primary N) is 1. The van der Waals surface area contributed by atoms with Crippen molar-refractivity contribution in [2.45, 2.75) is 13.8 Å². The number of nitrogen functional groups attached to an aromatic ring is 1. The van der Waals surface area contributed by atoms with Crippen molar-refractivity contribution in [1.82, 2.24) is 14.8 Å². The summed E-state index contributed by atoms with van der Waals surface area (Å²) in [6, 6.07) is 15.0. The molecule has 0 saturated heterocycles. The van der Waals surface area contributed by atoms with Crippen LogP contribution in [0.5, 0.6) is 11.5 Å². The average molecular weight is 385 g/mol. The van der Waals surface area contributed by atoms with Crippen molar-refractivity contribution in [2.75, 3.05) is 12.8 Å². The third kappa shape index (κ3) is 2.91. The molecule has 4 rings (SSSR count). The molecule has 2 aromatic heterocycles. The molecule has 144 valence electrons. The Kier molecular flexibility index (Phi) is 4.32. The number of benzene rings is 2. The second-order valence-corrected chi connectivity index (χ2v) is 6.78. The molecule has 2 heterocycles. The van der Waals surface area contributed by atoms with Crippen LogP contribution in [0.3, 0.4) is 0 Å². The Morgan fingerprint density at radius 3 is 2.52 bits per heavy atom. The van der Waals surface area contributed by atoms with Crippen LogP contribution >= 0.6 is 0 Å². The summed E-state index contributed by atoms with van der Waals surface area (Å²) >= 11 is 0. The van der Waals surface area contributed by atoms with Gasteiger partial charge in [0, 0.05) is 5.56 Å². The summed E-state index contributed by atoms with van der Waals surface area (Å²) in [4.78, 5) is 4.49. The van der Waals surface area contributed by atoms with E-state index in [1.807, 2.05) is 38.1 Å². The number of pyridine rings is 1. The Morgan fingerprint density at radius 1 is 1.14 bits per heavy atom. The summed E-state index contributed by atoms with van der Waals surface area (Å²) < 4.78 is 6.96. The summed E-state index contributed by atoms with van der Waals surface area (Å²) in [5.41, 5.74) is 11.0. The van der Waals surface area contributed by atoms with Crippen molar-refractivity contribution in [3.63, 3.8) is 0 Å². The molecule has 0 aliphatic rings. The zero-order valence-corrected chi connectivity index (χ0v) is 16.3. The smallest absolute Gasteiger partial charge is 0.166 e. The highest BCUT2D eigenvalue weighted by atomic mass is 16.5. The standard InChI is InChI=1S/C22H19N5O2/c1-12-4-7-15(8-5-12)27-22-19(13(2)26-27)20(16(11-23)21(24)25-22)14-6-9-17(28)18(10-14)29-3/h4-10,28H,1-3H3,(H2,24,25). The van der Waals surface area contributed by atoms with Gasteiger partial charge in [-0.25, -0.2) is 9.67 Å². The van der Waals surface area contributed by atoms with E-state index in [-0.39, 0.29) is 17.1 Å². The predicted octanol–water partition coefficient (Wildman–Crippen LogP) is 3.87. The Bertz CT molecular complexity index is 1280. The quantitative estimate of drug-likeness (QED) is 0.554. The molecule has 0 radical (unpaired) electrons. The van der Waals surface area contributed by atoms with Gasteiger partial charge in [0.2, 0.25) is 0 Å². The van der Waals surface area contributed by atoms with E-state index >= 15 is 0 Å². The van der Waals surface area contributed by atoms with E-state index in [2.05, 4.69) is 16.2 Å². The van der Waals surface area contributed by atoms with E-state index in [4.69, 9.17) is 10.5 Å². The average Bonchev–Trinajstić information content (AvgIpc) is 3.04. The topological polar surface area (TPSA) is 110 Å². The monoisotopic (exact) mass is 385 g/mol. The molecular formula is C22H19N5O2. The summed E-state index contributed by atoms with van der Waals surface area (Å²) in [5, 5.41) is 25.1. The number of aromatic nitrogens is 3. The molecule has 29 heavy (non-hydrogen) atoms. The molecule has 0 unspecified atom stereocenters. The Hall–Kier alpha value is -4.05. The van der Waals surface area contributed by atoms with Gasteiger partial charge in [-0.3, -0.25) is 0 Å². The fourth-order valence-electron chi connectivity index (χ4n) is 3.44. The van der Waals surface area contributed by atoms with Gasteiger partial charge in [0.15, 0.2) is 17.1 Å². The normalized spacial score (nSPS) is 10.8. The van der Waals surface area contributed by atoms with E-state index in [1.54, 1.807) is 16.8 Å². The molecule has 2 aromatic carbocycles. The molecule has 0 spiro atoms. The van der Waals surface area contributed by atoms with Crippen LogP contribution in [-0.4, -0.2) is 27.0 Å². The third-order valence-corrected chi connectivity index (χ3v) is 4.88. The Morgan fingerprint density at radius 2 is 1.86 bits per heavy atom. The molecule has 0 bridgehead atoms. The minimum absolute atomic E-state index is 0.0140. The van der Waals surface area contributed by atoms with Crippen molar-refractivity contribution in [3.8, 4) is 34.4 Å². The van der Waals surface area contributed by atoms with Gasteiger partial charge in [0.1, 0.15) is 17.5 Å². The molecule has 7 nitrogen and oxygen atoms in total. The van der Waals surface area contributed by atoms with Crippen molar-refractivity contribution in [1.29, 1.82) is 5.26 Å². The van der Waals surface area contributed by atoms with Crippen molar-refractivity contribution < 1.29 is 9.84 Å². The highest BCUT2D eigenvalue weighted by Gasteiger charge is 2.22. The fraction of sp³-hybridized carbons (Fsp3) is 0.136. The van der Waals surface area contributed by atoms with E-state index in [9.17, 15) is 10.4 Å². The first kappa shape index (κ1) is 18.3. The molecule has 7 heteroatoms. The molecule has 4 aromatic rings. The summed E-state index contributed by atoms with van der Waals surface area (Å²) in [6.07, 6.45) is 0. The lowest BCUT2D eigenvalue weighted by atomic mass is 9.96. The Labute approximate surface area is 167 Å². The number of phenols is 1. The number of hydrogen-bond acceptors (Lipinski definition) is 6. The minimum Gasteiger partial charge on any atom is -0.504 e. The van der Waals surface area contributed by atoms with Gasteiger partial charge in [-0.15, -0.1) is 0 Å². The van der Waals surface area contributed by atoms with E-state index < -0.39 is 0 Å². The second-order valence-electron chi connectivity index (χ2n) is 6.78. The molecule has 0 saturated carbocycles. The van der Waals surface area contributed by atoms with E-state index in [0.29, 0.717) is 28.2 Å². The number of aryl methyl sites for hydroxylation is 2. The van der Waals surface area contributed by atoms with Gasteiger partial charge < -0.3 is 15.6 Å². The van der Waals surface area contributed by atoms with Crippen molar-refractivity contribution >= 4 is 16.9 Å². The predicted molar refractivity (Wildman–Crippen MR) is 111 cm³/mol. The first-order chi connectivity index (χ1) is 13.9. The molecule has 0 amide bonds. The number of rotatable bonds is 3. The second kappa shape index (κ2) is 6.84. The summed E-state index contributed by atoms with van der Waals surface area (Å²) in [5.74, 6) is 0.439. The number of aromatic hydroxyl groups is 1. The molecular weight excluding hydrogens is 366 g/mol. The van der Waals surface area contributed by atoms with Crippen LogP contribution in [0.2, 0.25) is 0 Å². The highest BCUT2D eigenvalue weighted by molar-refractivity contribution is 6.00. The molecule has 0 atom stereocenters. The van der Waals surface area contributed by atoms with Gasteiger partial charge in [-0.1, -0.05) is 23.8 Å². The molecule has 0 aliphatic carbocycles. The van der Waals surface area contributed by atoms with Crippen LogP contribution in [0.15, 0.2) is 42.5 Å². The summed E-state index contributed by atoms with van der Waals surface area (Å²) in [7, 11) is 1.47. The van der Waals surface area contributed by atoms with Gasteiger partial charge in [0.25, 0.3) is 0 Å². The minimum atomic E-state index is 0.0140. The first-order valence-electron chi connectivity index (χ1n) is 8.98. The van der Waals surface area contributed by atoms with E-state index in [1.165, 1.54) is 13.2 Å². The Balaban J connectivity index is 2.09. The molecule has 3 N–H and O–H groups in total. The van der Waals surface area contributed by atoms with Gasteiger partial charge >= 0.3 is 0 Å². The lowest BCUT2D eigenvalue weighted by molar-refractivity contribution is 0.373. The maximum absolute atomic E-state index is 9.96. The van der Waals surface area contributed by atoms with Crippen LogP contribution in [0.4, 0.5) is 5.82 Å². The number of methoxy groups -OCH3 is 1. The third-order valence-electron chi connectivity index (χ3n) is 4.88. The van der Waals surface area contributed by atoms with Gasteiger partial charge in [-0.2, -0.15) is 10.4 Å². The number of nitriles is 1. The largest absolute Gasteiger partial charge is 0.504 e. The van der Waals surface area contributed by atoms with Crippen molar-refractivity contribution in [2.24, 2.45) is 0 Å². The number of phenolic OH excluding ortho intramolecular Hbond substituents is 1. The summed E-state index contributed by atoms with van der Waals surface area (Å²) in [6.45, 7) is 3.88. The molecule has 0 aliphatic heterocycles. The first-order valence-corrected chi connectivity index (χ1v) is 8.98. The zero-order valence-electron chi connectivity index (χ0n) is 16.3. The van der Waals surface area contributed by atoms with Crippen LogP contribution in [0, 0.1) is 25.2 Å². The van der Waals surface area contributed by atoms with Gasteiger partial charge in [-0.05, 0) is 43.7 Å². The van der Waals surface area contributed by atoms with Crippen LogP contribution < -0.4 is 10.5 Å². The number of fused-ring (bicyclic) bond motifs is 1. The maximum Gasteiger partial charge on any atom is 0.166 e. The van der Waals surface area contributed by atoms with E-state index in [0.717, 1.165) is 16.6 Å². The highest BCUT2D eigenvalue weighted by Crippen LogP contribution is 2.39. The van der Waals surface area contributed by atoms with Crippen LogP contribution in [0.25, 0.3) is 27.8 Å². The SMILES string of the molecule is COc1cc(-c2c(C#N)c(N)nc3c2c(C)nn3-c2ccc(C)cc2)ccc1O. The number of nitrogens with zero attached hydrogens (tertiary/aromatic N) is 4. The fourth-order valence-corrected chi connectivity index (χ4v) is 3.44. The maximum atomic E-state index is 9.96. The lowest BCUT2D eigenvalue weighted by Gasteiger charge is -2.12. The van der Waals surface area contributed by atoms with Crippen molar-refractivity contribution in [3.05, 3.63) is 59.3 Å². The number of anilines is 1. The van der Waals surface area contributed by atoms with Crippen LogP contribution in [-0.2, 0) is 0 Å². The number of hydrogen-bond donors (Lipinski definition) is 2. The zero-order chi connectivity index (χ0) is 20.7.